The van der Waals surface area contributed by atoms with Crippen molar-refractivity contribution in [2.75, 3.05) is 19.6 Å². The molecule has 0 amide bonds. The molecule has 2 nitrogen and oxygen atoms in total. The average Bonchev–Trinajstić information content (AvgIpc) is 2.75. The Balaban J connectivity index is 1.63. The van der Waals surface area contributed by atoms with Gasteiger partial charge in [0.1, 0.15) is 0 Å². The van der Waals surface area contributed by atoms with Gasteiger partial charge in [-0.05, 0) is 57.0 Å². The highest BCUT2D eigenvalue weighted by Crippen LogP contribution is 2.46. The Morgan fingerprint density at radius 3 is 1.70 bits per heavy atom. The molecule has 0 aromatic rings. The summed E-state index contributed by atoms with van der Waals surface area (Å²) in [7, 11) is 0. The first-order valence-corrected chi connectivity index (χ1v) is 9.24. The van der Waals surface area contributed by atoms with Crippen LogP contribution in [0.4, 0.5) is 0 Å². The summed E-state index contributed by atoms with van der Waals surface area (Å²) in [6.07, 6.45) is 18.8. The van der Waals surface area contributed by atoms with E-state index in [1.165, 1.54) is 96.6 Å². The topological polar surface area (TPSA) is 29.3 Å². The van der Waals surface area contributed by atoms with Crippen molar-refractivity contribution in [1.29, 1.82) is 0 Å². The number of rotatable bonds is 2. The Labute approximate surface area is 125 Å². The van der Waals surface area contributed by atoms with Crippen LogP contribution in [-0.2, 0) is 0 Å². The number of likely N-dealkylation sites (tertiary alicyclic amines) is 1. The van der Waals surface area contributed by atoms with Gasteiger partial charge in [-0.2, -0.15) is 0 Å². The molecule has 2 heteroatoms. The molecule has 2 saturated carbocycles. The highest BCUT2D eigenvalue weighted by molar-refractivity contribution is 4.98. The van der Waals surface area contributed by atoms with Gasteiger partial charge in [-0.25, -0.2) is 0 Å². The number of piperidine rings is 1. The summed E-state index contributed by atoms with van der Waals surface area (Å²) < 4.78 is 0. The van der Waals surface area contributed by atoms with Gasteiger partial charge in [0.2, 0.25) is 0 Å². The fourth-order valence-corrected chi connectivity index (χ4v) is 5.29. The van der Waals surface area contributed by atoms with Crippen molar-refractivity contribution in [2.45, 2.75) is 89.0 Å². The maximum Gasteiger partial charge on any atom is 0.0331 e. The van der Waals surface area contributed by atoms with E-state index in [0.29, 0.717) is 5.54 Å². The van der Waals surface area contributed by atoms with E-state index in [1.807, 2.05) is 0 Å². The smallest absolute Gasteiger partial charge is 0.0331 e. The van der Waals surface area contributed by atoms with Crippen LogP contribution in [0.1, 0.15) is 83.5 Å². The van der Waals surface area contributed by atoms with E-state index in [-0.39, 0.29) is 0 Å². The first-order valence-electron chi connectivity index (χ1n) is 9.24. The average molecular weight is 278 g/mol. The van der Waals surface area contributed by atoms with Gasteiger partial charge in [0, 0.05) is 12.1 Å². The number of hydrogen-bond donors (Lipinski definition) is 1. The van der Waals surface area contributed by atoms with Gasteiger partial charge in [-0.1, -0.05) is 44.9 Å². The van der Waals surface area contributed by atoms with Crippen LogP contribution in [0.2, 0.25) is 0 Å². The summed E-state index contributed by atoms with van der Waals surface area (Å²) in [5, 5.41) is 0. The number of nitrogens with zero attached hydrogens (tertiary/aromatic N) is 1. The second-order valence-electron chi connectivity index (χ2n) is 7.89. The lowest BCUT2D eigenvalue weighted by Crippen LogP contribution is -2.57. The normalized spacial score (nSPS) is 31.1. The molecule has 116 valence electrons. The van der Waals surface area contributed by atoms with Crippen LogP contribution < -0.4 is 5.73 Å². The molecule has 0 bridgehead atoms. The first kappa shape index (κ1) is 14.8. The summed E-state index contributed by atoms with van der Waals surface area (Å²) in [5.74, 6) is 0. The van der Waals surface area contributed by atoms with Gasteiger partial charge < -0.3 is 5.73 Å². The molecule has 20 heavy (non-hydrogen) atoms. The highest BCUT2D eigenvalue weighted by Gasteiger charge is 2.42. The molecule has 0 atom stereocenters. The molecule has 3 rings (SSSR count). The molecule has 0 aromatic heterocycles. The Hall–Kier alpha value is -0.0800. The van der Waals surface area contributed by atoms with Gasteiger partial charge in [-0.3, -0.25) is 4.90 Å². The molecule has 0 aromatic carbocycles. The van der Waals surface area contributed by atoms with Gasteiger partial charge >= 0.3 is 0 Å². The Morgan fingerprint density at radius 2 is 1.15 bits per heavy atom. The fourth-order valence-electron chi connectivity index (χ4n) is 5.29. The van der Waals surface area contributed by atoms with E-state index in [0.717, 1.165) is 12.0 Å². The van der Waals surface area contributed by atoms with Gasteiger partial charge in [-0.15, -0.1) is 0 Å². The van der Waals surface area contributed by atoms with E-state index < -0.39 is 0 Å². The first-order chi connectivity index (χ1) is 9.79. The van der Waals surface area contributed by atoms with Crippen LogP contribution in [0, 0.1) is 5.41 Å². The molecular weight excluding hydrogens is 244 g/mol. The quantitative estimate of drug-likeness (QED) is 0.771. The summed E-state index contributed by atoms with van der Waals surface area (Å²) in [4.78, 5) is 2.82. The molecule has 0 unspecified atom stereocenters. The molecule has 1 spiro atoms. The molecule has 3 fully saturated rings. The summed E-state index contributed by atoms with van der Waals surface area (Å²) >= 11 is 0. The van der Waals surface area contributed by atoms with Crippen LogP contribution in [0.15, 0.2) is 0 Å². The van der Waals surface area contributed by atoms with E-state index in [4.69, 9.17) is 5.73 Å². The van der Waals surface area contributed by atoms with Gasteiger partial charge in [0.05, 0.1) is 0 Å². The molecule has 3 aliphatic rings. The van der Waals surface area contributed by atoms with E-state index >= 15 is 0 Å². The minimum absolute atomic E-state index is 0.368. The van der Waals surface area contributed by atoms with Gasteiger partial charge in [0.25, 0.3) is 0 Å². The summed E-state index contributed by atoms with van der Waals surface area (Å²) in [6.45, 7) is 3.55. The Bertz CT molecular complexity index is 289. The Kier molecular flexibility index (Phi) is 4.72. The van der Waals surface area contributed by atoms with Crippen molar-refractivity contribution in [3.05, 3.63) is 0 Å². The molecular formula is C18H34N2. The second kappa shape index (κ2) is 6.36. The van der Waals surface area contributed by atoms with Crippen molar-refractivity contribution < 1.29 is 0 Å². The van der Waals surface area contributed by atoms with Crippen LogP contribution in [-0.4, -0.2) is 30.1 Å². The second-order valence-corrected chi connectivity index (χ2v) is 7.89. The minimum Gasteiger partial charge on any atom is -0.329 e. The lowest BCUT2D eigenvalue weighted by molar-refractivity contribution is -0.00333. The maximum absolute atomic E-state index is 6.27. The zero-order valence-electron chi connectivity index (χ0n) is 13.3. The predicted molar refractivity (Wildman–Crippen MR) is 85.8 cm³/mol. The van der Waals surface area contributed by atoms with Crippen molar-refractivity contribution in [2.24, 2.45) is 11.1 Å². The molecule has 1 aliphatic heterocycles. The number of nitrogens with two attached hydrogens (primary N) is 1. The minimum atomic E-state index is 0.368. The monoisotopic (exact) mass is 278 g/mol. The van der Waals surface area contributed by atoms with Gasteiger partial charge in [0.15, 0.2) is 0 Å². The van der Waals surface area contributed by atoms with Crippen LogP contribution in [0.5, 0.6) is 0 Å². The summed E-state index contributed by atoms with van der Waals surface area (Å²) in [6, 6.07) is 0. The van der Waals surface area contributed by atoms with Crippen LogP contribution in [0.3, 0.4) is 0 Å². The largest absolute Gasteiger partial charge is 0.329 e. The summed E-state index contributed by atoms with van der Waals surface area (Å²) in [5.41, 5.74) is 7.37. The van der Waals surface area contributed by atoms with Crippen molar-refractivity contribution in [3.63, 3.8) is 0 Å². The molecule has 0 radical (unpaired) electrons. The predicted octanol–water partition coefficient (Wildman–Crippen LogP) is 4.08. The Morgan fingerprint density at radius 1 is 0.650 bits per heavy atom. The van der Waals surface area contributed by atoms with Crippen LogP contribution in [0.25, 0.3) is 0 Å². The molecule has 1 heterocycles. The third kappa shape index (κ3) is 2.92. The molecule has 1 saturated heterocycles. The molecule has 2 N–H and O–H groups in total. The fraction of sp³-hybridized carbons (Fsp3) is 1.00. The zero-order valence-corrected chi connectivity index (χ0v) is 13.3. The zero-order chi connectivity index (χ0) is 13.9. The van der Waals surface area contributed by atoms with Crippen molar-refractivity contribution in [3.8, 4) is 0 Å². The van der Waals surface area contributed by atoms with E-state index in [1.54, 1.807) is 0 Å². The number of hydrogen-bond acceptors (Lipinski definition) is 2. The third-order valence-corrected chi connectivity index (χ3v) is 6.82. The van der Waals surface area contributed by atoms with E-state index in [2.05, 4.69) is 4.90 Å². The SMILES string of the molecule is NCC1(N2CCC3(CCCCC3)CC2)CCCCCC1. The lowest BCUT2D eigenvalue weighted by Gasteiger charge is -2.51. The molecule has 2 aliphatic carbocycles. The van der Waals surface area contributed by atoms with Crippen molar-refractivity contribution >= 4 is 0 Å². The van der Waals surface area contributed by atoms with Crippen molar-refractivity contribution in [1.82, 2.24) is 4.90 Å². The van der Waals surface area contributed by atoms with E-state index in [9.17, 15) is 0 Å². The lowest BCUT2D eigenvalue weighted by atomic mass is 9.67. The standard InChI is InChI=1S/C18H34N2/c19-16-18(10-6-1-2-7-11-18)20-14-12-17(13-15-20)8-4-3-5-9-17/h1-16,19H2. The highest BCUT2D eigenvalue weighted by atomic mass is 15.2. The maximum atomic E-state index is 6.27. The van der Waals surface area contributed by atoms with Crippen LogP contribution >= 0.6 is 0 Å². The third-order valence-electron chi connectivity index (χ3n) is 6.82.